The molecule has 0 bridgehead atoms. The van der Waals surface area contributed by atoms with Crippen LogP contribution < -0.4 is 10.5 Å². The number of sulfonamides is 1. The molecule has 0 heterocycles. The summed E-state index contributed by atoms with van der Waals surface area (Å²) in [6, 6.07) is 0.275. The molecule has 0 aliphatic heterocycles. The van der Waals surface area contributed by atoms with Crippen molar-refractivity contribution in [3.63, 3.8) is 0 Å². The molecule has 6 nitrogen and oxygen atoms in total. The summed E-state index contributed by atoms with van der Waals surface area (Å²) < 4.78 is 26.5. The Morgan fingerprint density at radius 1 is 1.33 bits per heavy atom. The van der Waals surface area contributed by atoms with Crippen molar-refractivity contribution in [1.29, 1.82) is 0 Å². The van der Waals surface area contributed by atoms with Crippen LogP contribution in [0.25, 0.3) is 0 Å². The zero-order valence-corrected chi connectivity index (χ0v) is 11.5. The van der Waals surface area contributed by atoms with Gasteiger partial charge in [0.15, 0.2) is 0 Å². The van der Waals surface area contributed by atoms with Crippen LogP contribution in [-0.2, 0) is 19.6 Å². The van der Waals surface area contributed by atoms with Gasteiger partial charge >= 0.3 is 5.97 Å². The predicted octanol–water partition coefficient (Wildman–Crippen LogP) is -0.0136. The Balaban J connectivity index is 2.21. The first-order chi connectivity index (χ1) is 8.42. The van der Waals surface area contributed by atoms with Gasteiger partial charge in [0.05, 0.1) is 18.3 Å². The molecule has 0 radical (unpaired) electrons. The van der Waals surface area contributed by atoms with E-state index in [2.05, 4.69) is 5.32 Å². The van der Waals surface area contributed by atoms with Gasteiger partial charge in [-0.1, -0.05) is 0 Å². The van der Waals surface area contributed by atoms with Gasteiger partial charge in [0, 0.05) is 12.6 Å². The second kappa shape index (κ2) is 7.06. The zero-order chi connectivity index (χ0) is 13.6. The molecule has 1 aliphatic carbocycles. The maximum atomic E-state index is 11.5. The van der Waals surface area contributed by atoms with Gasteiger partial charge in [-0.3, -0.25) is 4.79 Å². The number of carbonyl (C=O) groups excluding carboxylic acids is 1. The highest BCUT2D eigenvalue weighted by molar-refractivity contribution is 7.89. The van der Waals surface area contributed by atoms with E-state index in [-0.39, 0.29) is 23.7 Å². The molecule has 0 aromatic carbocycles. The topological polar surface area (TPSA) is 98.5 Å². The van der Waals surface area contributed by atoms with E-state index in [1.807, 2.05) is 0 Å². The van der Waals surface area contributed by atoms with E-state index in [1.54, 1.807) is 6.92 Å². The summed E-state index contributed by atoms with van der Waals surface area (Å²) in [6.45, 7) is 2.59. The van der Waals surface area contributed by atoms with Gasteiger partial charge in [-0.2, -0.15) is 0 Å². The third kappa shape index (κ3) is 5.79. The van der Waals surface area contributed by atoms with Gasteiger partial charge in [-0.05, 0) is 32.6 Å². The van der Waals surface area contributed by atoms with Crippen LogP contribution in [0.3, 0.4) is 0 Å². The fourth-order valence-electron chi connectivity index (χ4n) is 2.20. The maximum absolute atomic E-state index is 11.5. The van der Waals surface area contributed by atoms with Gasteiger partial charge in [-0.15, -0.1) is 0 Å². The third-order valence-electron chi connectivity index (χ3n) is 3.17. The van der Waals surface area contributed by atoms with Crippen LogP contribution in [0.1, 0.15) is 32.6 Å². The van der Waals surface area contributed by atoms with Gasteiger partial charge in [0.2, 0.25) is 10.0 Å². The van der Waals surface area contributed by atoms with E-state index in [1.165, 1.54) is 0 Å². The molecular formula is C11H22N2O4S. The Hall–Kier alpha value is -0.660. The Morgan fingerprint density at radius 3 is 2.44 bits per heavy atom. The molecule has 0 spiro atoms. The standard InChI is InChI=1S/C11H22N2O4S/c1-2-17-11(14)9-3-5-10(6-4-9)13-7-8-18(12,15)16/h9-10,13H,2-8H2,1H3,(H2,12,15,16). The summed E-state index contributed by atoms with van der Waals surface area (Å²) in [4.78, 5) is 11.5. The average Bonchev–Trinajstić information content (AvgIpc) is 2.28. The molecule has 1 aliphatic rings. The van der Waals surface area contributed by atoms with Crippen LogP contribution in [0.15, 0.2) is 0 Å². The minimum absolute atomic E-state index is 0.00115. The molecule has 0 amide bonds. The number of nitrogens with two attached hydrogens (primary N) is 1. The Bertz CT molecular complexity index is 361. The largest absolute Gasteiger partial charge is 0.466 e. The SMILES string of the molecule is CCOC(=O)C1CCC(NCCS(N)(=O)=O)CC1. The summed E-state index contributed by atoms with van der Waals surface area (Å²) in [5.41, 5.74) is 0. The average molecular weight is 278 g/mol. The Kier molecular flexibility index (Phi) is 6.04. The molecule has 106 valence electrons. The van der Waals surface area contributed by atoms with Crippen LogP contribution in [0.4, 0.5) is 0 Å². The van der Waals surface area contributed by atoms with Crippen molar-refractivity contribution in [2.24, 2.45) is 11.1 Å². The van der Waals surface area contributed by atoms with E-state index < -0.39 is 10.0 Å². The van der Waals surface area contributed by atoms with Crippen molar-refractivity contribution < 1.29 is 17.9 Å². The number of hydrogen-bond acceptors (Lipinski definition) is 5. The van der Waals surface area contributed by atoms with Crippen LogP contribution >= 0.6 is 0 Å². The fraction of sp³-hybridized carbons (Fsp3) is 0.909. The van der Waals surface area contributed by atoms with E-state index >= 15 is 0 Å². The fourth-order valence-corrected chi connectivity index (χ4v) is 2.60. The van der Waals surface area contributed by atoms with Crippen molar-refractivity contribution in [2.75, 3.05) is 18.9 Å². The normalized spacial score (nSPS) is 24.8. The minimum atomic E-state index is -3.39. The Labute approximate surface area is 108 Å². The number of rotatable bonds is 6. The third-order valence-corrected chi connectivity index (χ3v) is 3.94. The number of primary sulfonamides is 1. The molecular weight excluding hydrogens is 256 g/mol. The molecule has 1 saturated carbocycles. The zero-order valence-electron chi connectivity index (χ0n) is 10.7. The van der Waals surface area contributed by atoms with Crippen molar-refractivity contribution in [3.8, 4) is 0 Å². The summed E-state index contributed by atoms with van der Waals surface area (Å²) >= 11 is 0. The van der Waals surface area contributed by atoms with Gasteiger partial charge in [-0.25, -0.2) is 13.6 Å². The highest BCUT2D eigenvalue weighted by Crippen LogP contribution is 2.25. The molecule has 0 unspecified atom stereocenters. The van der Waals surface area contributed by atoms with Crippen molar-refractivity contribution in [2.45, 2.75) is 38.6 Å². The first-order valence-electron chi connectivity index (χ1n) is 6.33. The maximum Gasteiger partial charge on any atom is 0.308 e. The lowest BCUT2D eigenvalue weighted by atomic mass is 9.86. The van der Waals surface area contributed by atoms with Crippen LogP contribution in [0.2, 0.25) is 0 Å². The second-order valence-electron chi connectivity index (χ2n) is 4.62. The lowest BCUT2D eigenvalue weighted by Gasteiger charge is -2.27. The summed E-state index contributed by atoms with van der Waals surface area (Å²) in [7, 11) is -3.39. The van der Waals surface area contributed by atoms with E-state index in [9.17, 15) is 13.2 Å². The number of nitrogens with one attached hydrogen (secondary N) is 1. The minimum Gasteiger partial charge on any atom is -0.466 e. The van der Waals surface area contributed by atoms with Crippen molar-refractivity contribution in [3.05, 3.63) is 0 Å². The van der Waals surface area contributed by atoms with Gasteiger partial charge in [0.1, 0.15) is 0 Å². The number of carbonyl (C=O) groups is 1. The first kappa shape index (κ1) is 15.4. The molecule has 0 aromatic rings. The summed E-state index contributed by atoms with van der Waals surface area (Å²) in [5, 5.41) is 8.08. The van der Waals surface area contributed by atoms with Crippen molar-refractivity contribution >= 4 is 16.0 Å². The number of esters is 1. The Morgan fingerprint density at radius 2 is 1.94 bits per heavy atom. The molecule has 0 saturated heterocycles. The molecule has 0 atom stereocenters. The highest BCUT2D eigenvalue weighted by Gasteiger charge is 2.26. The van der Waals surface area contributed by atoms with E-state index in [4.69, 9.17) is 9.88 Å². The molecule has 18 heavy (non-hydrogen) atoms. The molecule has 1 rings (SSSR count). The summed E-state index contributed by atoms with van der Waals surface area (Å²) in [5.74, 6) is -0.160. The van der Waals surface area contributed by atoms with Crippen molar-refractivity contribution in [1.82, 2.24) is 5.32 Å². The van der Waals surface area contributed by atoms with Crippen LogP contribution in [-0.4, -0.2) is 39.3 Å². The summed E-state index contributed by atoms with van der Waals surface area (Å²) in [6.07, 6.45) is 3.33. The molecule has 0 aromatic heterocycles. The monoisotopic (exact) mass is 278 g/mol. The van der Waals surface area contributed by atoms with Crippen LogP contribution in [0.5, 0.6) is 0 Å². The smallest absolute Gasteiger partial charge is 0.308 e. The second-order valence-corrected chi connectivity index (χ2v) is 6.36. The number of ether oxygens (including phenoxy) is 1. The number of hydrogen-bond donors (Lipinski definition) is 2. The van der Waals surface area contributed by atoms with Gasteiger partial charge in [0.25, 0.3) is 0 Å². The predicted molar refractivity (Wildman–Crippen MR) is 68.4 cm³/mol. The molecule has 7 heteroatoms. The molecule has 1 fully saturated rings. The highest BCUT2D eigenvalue weighted by atomic mass is 32.2. The van der Waals surface area contributed by atoms with E-state index in [0.717, 1.165) is 25.7 Å². The van der Waals surface area contributed by atoms with Crippen LogP contribution in [0, 0.1) is 5.92 Å². The first-order valence-corrected chi connectivity index (χ1v) is 8.04. The van der Waals surface area contributed by atoms with E-state index in [0.29, 0.717) is 13.2 Å². The molecule has 3 N–H and O–H groups in total. The lowest BCUT2D eigenvalue weighted by molar-refractivity contribution is -0.149. The van der Waals surface area contributed by atoms with Gasteiger partial charge < -0.3 is 10.1 Å². The quantitative estimate of drug-likeness (QED) is 0.666. The lowest BCUT2D eigenvalue weighted by Crippen LogP contribution is -2.38.